The lowest BCUT2D eigenvalue weighted by molar-refractivity contribution is -0.125. The Labute approximate surface area is 170 Å². The molecule has 162 valence electrons. The number of β-amino-alcohol motifs (C(OH)–C–C–N with tert-alkyl or cyclic N) is 1. The standard InChI is InChI=1S/C20H30N2O7/c1-12-6-16(24)17(25)7-15(12)19(27)29-10-14(23)8-22-20(2,3)11-21-18(26)13-4-5-28-9-13/h6-7,13-14,22-25H,4-5,8-11H2,1-3H3,(H,21,26)/t13?,14-/m0/s1. The number of hydrogen-bond acceptors (Lipinski definition) is 8. The quantitative estimate of drug-likeness (QED) is 0.292. The molecule has 2 rings (SSSR count). The van der Waals surface area contributed by atoms with Gasteiger partial charge < -0.3 is 35.4 Å². The normalized spacial score (nSPS) is 17.7. The van der Waals surface area contributed by atoms with Crippen molar-refractivity contribution in [3.8, 4) is 11.5 Å². The van der Waals surface area contributed by atoms with Crippen LogP contribution in [0.4, 0.5) is 0 Å². The minimum Gasteiger partial charge on any atom is -0.504 e. The van der Waals surface area contributed by atoms with E-state index in [1.54, 1.807) is 6.92 Å². The van der Waals surface area contributed by atoms with Crippen LogP contribution in [0, 0.1) is 12.8 Å². The summed E-state index contributed by atoms with van der Waals surface area (Å²) in [6, 6.07) is 2.39. The molecule has 0 spiro atoms. The van der Waals surface area contributed by atoms with Crippen molar-refractivity contribution in [3.05, 3.63) is 23.3 Å². The van der Waals surface area contributed by atoms with Crippen molar-refractivity contribution in [3.63, 3.8) is 0 Å². The molecule has 0 bridgehead atoms. The number of aliphatic hydroxyl groups excluding tert-OH is 1. The Morgan fingerprint density at radius 2 is 2.00 bits per heavy atom. The van der Waals surface area contributed by atoms with Crippen molar-refractivity contribution >= 4 is 11.9 Å². The van der Waals surface area contributed by atoms with Gasteiger partial charge in [0.1, 0.15) is 12.7 Å². The Hall–Kier alpha value is -2.36. The van der Waals surface area contributed by atoms with Crippen LogP contribution in [0.1, 0.15) is 36.2 Å². The second kappa shape index (κ2) is 9.91. The lowest BCUT2D eigenvalue weighted by Crippen LogP contribution is -2.52. The molecule has 5 N–H and O–H groups in total. The molecule has 1 saturated heterocycles. The predicted molar refractivity (Wildman–Crippen MR) is 105 cm³/mol. The third-order valence-electron chi connectivity index (χ3n) is 4.77. The molecule has 1 unspecified atom stereocenters. The molecular weight excluding hydrogens is 380 g/mol. The molecule has 1 fully saturated rings. The Morgan fingerprint density at radius 1 is 1.31 bits per heavy atom. The monoisotopic (exact) mass is 410 g/mol. The molecule has 0 aromatic heterocycles. The number of carbonyl (C=O) groups is 2. The van der Waals surface area contributed by atoms with Crippen LogP contribution in [0.2, 0.25) is 0 Å². The third-order valence-corrected chi connectivity index (χ3v) is 4.77. The van der Waals surface area contributed by atoms with E-state index in [0.29, 0.717) is 25.3 Å². The fourth-order valence-electron chi connectivity index (χ4n) is 2.86. The number of aliphatic hydroxyl groups is 1. The molecule has 9 nitrogen and oxygen atoms in total. The van der Waals surface area contributed by atoms with Crippen molar-refractivity contribution in [1.29, 1.82) is 0 Å². The number of nitrogens with one attached hydrogen (secondary N) is 2. The second-order valence-corrected chi connectivity index (χ2v) is 7.95. The van der Waals surface area contributed by atoms with Gasteiger partial charge in [0.05, 0.1) is 18.1 Å². The van der Waals surface area contributed by atoms with Gasteiger partial charge in [-0.2, -0.15) is 0 Å². The summed E-state index contributed by atoms with van der Waals surface area (Å²) in [5.74, 6) is -1.60. The van der Waals surface area contributed by atoms with Crippen molar-refractivity contribution in [1.82, 2.24) is 10.6 Å². The highest BCUT2D eigenvalue weighted by Crippen LogP contribution is 2.28. The maximum absolute atomic E-state index is 12.1. The number of phenolic OH excluding ortho intramolecular Hbond substituents is 2. The summed E-state index contributed by atoms with van der Waals surface area (Å²) < 4.78 is 10.3. The number of amides is 1. The number of benzene rings is 1. The molecule has 9 heteroatoms. The van der Waals surface area contributed by atoms with Gasteiger partial charge in [0.2, 0.25) is 5.91 Å². The SMILES string of the molecule is Cc1cc(O)c(O)cc1C(=O)OC[C@@H](O)CNC(C)(C)CNC(=O)C1CCOC1. The van der Waals surface area contributed by atoms with Gasteiger partial charge in [0, 0.05) is 25.2 Å². The van der Waals surface area contributed by atoms with E-state index < -0.39 is 23.4 Å². The van der Waals surface area contributed by atoms with Gasteiger partial charge in [0.25, 0.3) is 0 Å². The number of esters is 1. The van der Waals surface area contributed by atoms with Crippen molar-refractivity contribution in [2.24, 2.45) is 5.92 Å². The number of aryl methyl sites for hydroxylation is 1. The first-order valence-corrected chi connectivity index (χ1v) is 9.57. The number of ether oxygens (including phenoxy) is 2. The van der Waals surface area contributed by atoms with E-state index in [0.717, 1.165) is 12.5 Å². The number of carbonyl (C=O) groups excluding carboxylic acids is 2. The summed E-state index contributed by atoms with van der Waals surface area (Å²) >= 11 is 0. The van der Waals surface area contributed by atoms with Crippen LogP contribution in [0.25, 0.3) is 0 Å². The van der Waals surface area contributed by atoms with Gasteiger partial charge in [-0.05, 0) is 44.9 Å². The maximum Gasteiger partial charge on any atom is 0.338 e. The molecule has 1 aromatic carbocycles. The molecule has 1 aliphatic rings. The highest BCUT2D eigenvalue weighted by Gasteiger charge is 2.26. The smallest absolute Gasteiger partial charge is 0.338 e. The lowest BCUT2D eigenvalue weighted by Gasteiger charge is -2.28. The van der Waals surface area contributed by atoms with E-state index in [1.165, 1.54) is 6.07 Å². The molecule has 2 atom stereocenters. The molecule has 1 aliphatic heterocycles. The summed E-state index contributed by atoms with van der Waals surface area (Å²) in [6.07, 6.45) is -0.231. The third kappa shape index (κ3) is 6.88. The highest BCUT2D eigenvalue weighted by atomic mass is 16.5. The van der Waals surface area contributed by atoms with Crippen LogP contribution in [-0.4, -0.2) is 71.7 Å². The zero-order valence-corrected chi connectivity index (χ0v) is 17.0. The van der Waals surface area contributed by atoms with Crippen LogP contribution < -0.4 is 10.6 Å². The molecule has 0 aliphatic carbocycles. The van der Waals surface area contributed by atoms with Crippen LogP contribution in [-0.2, 0) is 14.3 Å². The number of phenols is 2. The Balaban J connectivity index is 1.74. The summed E-state index contributed by atoms with van der Waals surface area (Å²) in [5.41, 5.74) is 0.0845. The van der Waals surface area contributed by atoms with E-state index in [1.807, 2.05) is 13.8 Å². The fourth-order valence-corrected chi connectivity index (χ4v) is 2.86. The topological polar surface area (TPSA) is 137 Å². The minimum absolute atomic E-state index is 0.0422. The lowest BCUT2D eigenvalue weighted by atomic mass is 10.0. The van der Waals surface area contributed by atoms with Gasteiger partial charge in [-0.25, -0.2) is 4.79 Å². The Morgan fingerprint density at radius 3 is 2.66 bits per heavy atom. The van der Waals surface area contributed by atoms with E-state index >= 15 is 0 Å². The van der Waals surface area contributed by atoms with Gasteiger partial charge >= 0.3 is 5.97 Å². The first kappa shape index (κ1) is 22.9. The molecule has 1 heterocycles. The number of hydrogen-bond donors (Lipinski definition) is 5. The van der Waals surface area contributed by atoms with Gasteiger partial charge in [-0.15, -0.1) is 0 Å². The van der Waals surface area contributed by atoms with Crippen LogP contribution in [0.15, 0.2) is 12.1 Å². The van der Waals surface area contributed by atoms with Crippen molar-refractivity contribution < 1.29 is 34.4 Å². The maximum atomic E-state index is 12.1. The Kier molecular flexibility index (Phi) is 7.83. The van der Waals surface area contributed by atoms with E-state index in [9.17, 15) is 24.9 Å². The summed E-state index contributed by atoms with van der Waals surface area (Å²) in [4.78, 5) is 24.2. The van der Waals surface area contributed by atoms with Gasteiger partial charge in [-0.1, -0.05) is 0 Å². The average Bonchev–Trinajstić information content (AvgIpc) is 3.20. The zero-order valence-electron chi connectivity index (χ0n) is 17.0. The second-order valence-electron chi connectivity index (χ2n) is 7.95. The van der Waals surface area contributed by atoms with E-state index in [2.05, 4.69) is 10.6 Å². The first-order chi connectivity index (χ1) is 13.6. The molecular formula is C20H30N2O7. The highest BCUT2D eigenvalue weighted by molar-refractivity contribution is 5.92. The van der Waals surface area contributed by atoms with Crippen molar-refractivity contribution in [2.75, 3.05) is 32.9 Å². The average molecular weight is 410 g/mol. The molecule has 0 radical (unpaired) electrons. The van der Waals surface area contributed by atoms with Crippen LogP contribution in [0.3, 0.4) is 0 Å². The fraction of sp³-hybridized carbons (Fsp3) is 0.600. The molecule has 1 amide bonds. The molecule has 0 saturated carbocycles. The molecule has 1 aromatic rings. The minimum atomic E-state index is -0.955. The van der Waals surface area contributed by atoms with E-state index in [-0.39, 0.29) is 36.3 Å². The van der Waals surface area contributed by atoms with Gasteiger partial charge in [0.15, 0.2) is 11.5 Å². The molecule has 29 heavy (non-hydrogen) atoms. The number of aromatic hydroxyl groups is 2. The summed E-state index contributed by atoms with van der Waals surface area (Å²) in [5, 5.41) is 35.1. The Bertz CT molecular complexity index is 730. The number of rotatable bonds is 9. The van der Waals surface area contributed by atoms with Crippen LogP contribution in [0.5, 0.6) is 11.5 Å². The summed E-state index contributed by atoms with van der Waals surface area (Å²) in [6.45, 7) is 6.72. The first-order valence-electron chi connectivity index (χ1n) is 9.57. The van der Waals surface area contributed by atoms with Gasteiger partial charge in [-0.3, -0.25) is 4.79 Å². The van der Waals surface area contributed by atoms with E-state index in [4.69, 9.17) is 9.47 Å². The summed E-state index contributed by atoms with van der Waals surface area (Å²) in [7, 11) is 0. The largest absolute Gasteiger partial charge is 0.504 e. The van der Waals surface area contributed by atoms with Crippen LogP contribution >= 0.6 is 0 Å². The predicted octanol–water partition coefficient (Wildman–Crippen LogP) is 0.445. The van der Waals surface area contributed by atoms with Crippen molar-refractivity contribution in [2.45, 2.75) is 38.8 Å². The zero-order chi connectivity index (χ0) is 21.6.